The van der Waals surface area contributed by atoms with Gasteiger partial charge in [-0.05, 0) is 41.4 Å². The number of pyridine rings is 1. The summed E-state index contributed by atoms with van der Waals surface area (Å²) in [6.07, 6.45) is 0. The number of nitrogens with zero attached hydrogens (tertiary/aromatic N) is 2. The smallest absolute Gasteiger partial charge is 0.336 e. The Morgan fingerprint density at radius 2 is 1.97 bits per heavy atom. The van der Waals surface area contributed by atoms with Crippen LogP contribution in [0.1, 0.15) is 35.3 Å². The van der Waals surface area contributed by atoms with Crippen LogP contribution in [0.25, 0.3) is 11.3 Å². The Hall–Kier alpha value is -2.29. The molecule has 0 radical (unpaired) electrons. The van der Waals surface area contributed by atoms with E-state index in [4.69, 9.17) is 10.1 Å². The Morgan fingerprint density at radius 3 is 2.52 bits per heavy atom. The van der Waals surface area contributed by atoms with E-state index in [9.17, 15) is 9.90 Å². The lowest BCUT2D eigenvalue weighted by molar-refractivity contribution is 0.0342. The molecule has 0 atom stereocenters. The molecular formula is C21H25BrN4O3. The first kappa shape index (κ1) is 21.4. The molecule has 0 bridgehead atoms. The van der Waals surface area contributed by atoms with Gasteiger partial charge in [0.2, 0.25) is 0 Å². The van der Waals surface area contributed by atoms with Gasteiger partial charge in [0.15, 0.2) is 0 Å². The number of rotatable bonds is 7. The highest BCUT2D eigenvalue weighted by Gasteiger charge is 2.21. The average molecular weight is 461 g/mol. The second-order valence-corrected chi connectivity index (χ2v) is 8.08. The second-order valence-electron chi connectivity index (χ2n) is 7.28. The third kappa shape index (κ3) is 5.41. The van der Waals surface area contributed by atoms with Crippen molar-refractivity contribution in [1.29, 1.82) is 5.41 Å². The summed E-state index contributed by atoms with van der Waals surface area (Å²) in [4.78, 5) is 18.8. The van der Waals surface area contributed by atoms with Crippen LogP contribution in [0.3, 0.4) is 0 Å². The van der Waals surface area contributed by atoms with E-state index in [1.165, 1.54) is 11.6 Å². The monoisotopic (exact) mass is 460 g/mol. The first-order chi connectivity index (χ1) is 13.8. The molecule has 3 N–H and O–H groups in total. The predicted molar refractivity (Wildman–Crippen MR) is 117 cm³/mol. The number of ether oxygens (including phenoxy) is 1. The molecule has 1 aliphatic rings. The Kier molecular flexibility index (Phi) is 7.00. The summed E-state index contributed by atoms with van der Waals surface area (Å²) in [5, 5.41) is 20.8. The van der Waals surface area contributed by atoms with E-state index in [1.54, 1.807) is 0 Å². The van der Waals surface area contributed by atoms with E-state index >= 15 is 0 Å². The van der Waals surface area contributed by atoms with Gasteiger partial charge in [0.25, 0.3) is 0 Å². The SMILES string of the molecule is CC(C)Nc1nc(-c2ccc(CN3CCOCC3)cc2)cc(C(=O)O)c1C(=N)Br. The number of carbonyl (C=O) groups is 1. The van der Waals surface area contributed by atoms with Crippen molar-refractivity contribution in [3.8, 4) is 11.3 Å². The van der Waals surface area contributed by atoms with Crippen molar-refractivity contribution in [1.82, 2.24) is 9.88 Å². The van der Waals surface area contributed by atoms with Gasteiger partial charge >= 0.3 is 5.97 Å². The molecule has 0 saturated carbocycles. The summed E-state index contributed by atoms with van der Waals surface area (Å²) in [6.45, 7) is 8.12. The number of morpholine rings is 1. The van der Waals surface area contributed by atoms with Gasteiger partial charge < -0.3 is 15.2 Å². The number of nitrogens with one attached hydrogen (secondary N) is 2. The lowest BCUT2D eigenvalue weighted by Gasteiger charge is -2.26. The molecule has 2 heterocycles. The van der Waals surface area contributed by atoms with Gasteiger partial charge in [-0.15, -0.1) is 0 Å². The average Bonchev–Trinajstić information content (AvgIpc) is 2.68. The van der Waals surface area contributed by atoms with Crippen LogP contribution in [0.15, 0.2) is 30.3 Å². The fourth-order valence-corrected chi connectivity index (χ4v) is 3.66. The lowest BCUT2D eigenvalue weighted by atomic mass is 10.0. The maximum Gasteiger partial charge on any atom is 0.336 e. The number of hydrogen-bond donors (Lipinski definition) is 3. The van der Waals surface area contributed by atoms with E-state index in [1.807, 2.05) is 38.1 Å². The van der Waals surface area contributed by atoms with E-state index < -0.39 is 5.97 Å². The Labute approximate surface area is 178 Å². The summed E-state index contributed by atoms with van der Waals surface area (Å²) < 4.78 is 5.37. The van der Waals surface area contributed by atoms with E-state index in [-0.39, 0.29) is 21.8 Å². The minimum atomic E-state index is -1.09. The largest absolute Gasteiger partial charge is 0.478 e. The number of carboxylic acid groups (broad SMARTS) is 1. The second kappa shape index (κ2) is 9.47. The third-order valence-corrected chi connectivity index (χ3v) is 5.05. The summed E-state index contributed by atoms with van der Waals surface area (Å²) in [5.41, 5.74) is 2.86. The van der Waals surface area contributed by atoms with Gasteiger partial charge in [0.05, 0.1) is 30.0 Å². The minimum absolute atomic E-state index is 0.0158. The molecule has 7 nitrogen and oxygen atoms in total. The maximum atomic E-state index is 11.8. The van der Waals surface area contributed by atoms with Crippen LogP contribution in [0, 0.1) is 5.41 Å². The quantitative estimate of drug-likeness (QED) is 0.543. The molecule has 0 unspecified atom stereocenters. The molecule has 2 aromatic rings. The maximum absolute atomic E-state index is 11.8. The van der Waals surface area contributed by atoms with E-state index in [2.05, 4.69) is 31.1 Å². The van der Waals surface area contributed by atoms with Crippen LogP contribution in [-0.2, 0) is 11.3 Å². The highest BCUT2D eigenvalue weighted by molar-refractivity contribution is 9.18. The van der Waals surface area contributed by atoms with Crippen molar-refractivity contribution < 1.29 is 14.6 Å². The number of benzene rings is 1. The highest BCUT2D eigenvalue weighted by atomic mass is 79.9. The number of aromatic nitrogens is 1. The normalized spacial score (nSPS) is 14.8. The molecule has 154 valence electrons. The first-order valence-electron chi connectivity index (χ1n) is 9.54. The number of halogens is 1. The van der Waals surface area contributed by atoms with Gasteiger partial charge in [-0.2, -0.15) is 0 Å². The Bertz CT molecular complexity index is 894. The molecule has 8 heteroatoms. The van der Waals surface area contributed by atoms with Gasteiger partial charge in [0.1, 0.15) is 10.4 Å². The molecule has 0 spiro atoms. The fourth-order valence-electron chi connectivity index (χ4n) is 3.26. The van der Waals surface area contributed by atoms with E-state index in [0.717, 1.165) is 38.4 Å². The van der Waals surface area contributed by atoms with Gasteiger partial charge in [0, 0.05) is 31.2 Å². The number of anilines is 1. The third-order valence-electron chi connectivity index (χ3n) is 4.65. The molecular weight excluding hydrogens is 436 g/mol. The molecule has 0 aliphatic carbocycles. The summed E-state index contributed by atoms with van der Waals surface area (Å²) in [6, 6.07) is 9.58. The first-order valence-corrected chi connectivity index (χ1v) is 10.3. The van der Waals surface area contributed by atoms with Crippen LogP contribution in [-0.4, -0.2) is 57.9 Å². The summed E-state index contributed by atoms with van der Waals surface area (Å²) >= 11 is 3.11. The van der Waals surface area contributed by atoms with Gasteiger partial charge in [-0.3, -0.25) is 10.3 Å². The lowest BCUT2D eigenvalue weighted by Crippen LogP contribution is -2.35. The van der Waals surface area contributed by atoms with Crippen LogP contribution in [0.5, 0.6) is 0 Å². The van der Waals surface area contributed by atoms with Crippen molar-refractivity contribution >= 4 is 32.3 Å². The predicted octanol–water partition coefficient (Wildman–Crippen LogP) is 3.82. The van der Waals surface area contributed by atoms with Crippen LogP contribution in [0.2, 0.25) is 0 Å². The number of carboxylic acids is 1. The Balaban J connectivity index is 1.93. The minimum Gasteiger partial charge on any atom is -0.478 e. The topological polar surface area (TPSA) is 98.5 Å². The molecule has 1 saturated heterocycles. The number of aromatic carboxylic acids is 1. The molecule has 3 rings (SSSR count). The van der Waals surface area contributed by atoms with Crippen molar-refractivity contribution in [3.63, 3.8) is 0 Å². The van der Waals surface area contributed by atoms with Crippen molar-refractivity contribution in [2.75, 3.05) is 31.6 Å². The molecule has 1 fully saturated rings. The molecule has 1 aromatic heterocycles. The molecule has 1 aliphatic heterocycles. The standard InChI is InChI=1S/C21H25BrN4O3/c1-13(2)24-20-18(19(22)23)16(21(27)28)11-17(25-20)15-5-3-14(4-6-15)12-26-7-9-29-10-8-26/h3-6,11,13,23H,7-10,12H2,1-2H3,(H,24,25)(H,27,28). The Morgan fingerprint density at radius 1 is 1.31 bits per heavy atom. The zero-order valence-corrected chi connectivity index (χ0v) is 18.1. The molecule has 29 heavy (non-hydrogen) atoms. The van der Waals surface area contributed by atoms with Crippen LogP contribution in [0.4, 0.5) is 5.82 Å². The van der Waals surface area contributed by atoms with Crippen molar-refractivity contribution in [3.05, 3.63) is 47.0 Å². The number of hydrogen-bond acceptors (Lipinski definition) is 6. The van der Waals surface area contributed by atoms with Crippen molar-refractivity contribution in [2.24, 2.45) is 0 Å². The van der Waals surface area contributed by atoms with Gasteiger partial charge in [-0.1, -0.05) is 24.3 Å². The summed E-state index contributed by atoms with van der Waals surface area (Å²) in [5.74, 6) is -0.710. The molecule has 1 aromatic carbocycles. The zero-order chi connectivity index (χ0) is 21.0. The fraction of sp³-hybridized carbons (Fsp3) is 0.381. The van der Waals surface area contributed by atoms with Crippen LogP contribution >= 0.6 is 15.9 Å². The highest BCUT2D eigenvalue weighted by Crippen LogP contribution is 2.28. The molecule has 0 amide bonds. The summed E-state index contributed by atoms with van der Waals surface area (Å²) in [7, 11) is 0. The van der Waals surface area contributed by atoms with E-state index in [0.29, 0.717) is 11.5 Å². The van der Waals surface area contributed by atoms with Crippen LogP contribution < -0.4 is 5.32 Å². The van der Waals surface area contributed by atoms with Crippen molar-refractivity contribution in [2.45, 2.75) is 26.4 Å². The zero-order valence-electron chi connectivity index (χ0n) is 16.5. The van der Waals surface area contributed by atoms with Gasteiger partial charge in [-0.25, -0.2) is 9.78 Å².